The summed E-state index contributed by atoms with van der Waals surface area (Å²) in [5.74, 6) is -0.887. The maximum absolute atomic E-state index is 11.1. The van der Waals surface area contributed by atoms with Crippen LogP contribution in [0.1, 0.15) is 24.2 Å². The number of carboxylic acid groups (broad SMARTS) is 1. The molecule has 0 radical (unpaired) electrons. The van der Waals surface area contributed by atoms with Crippen molar-refractivity contribution in [3.8, 4) is 0 Å². The molecule has 0 bridgehead atoms. The van der Waals surface area contributed by atoms with Crippen LogP contribution in [0, 0.1) is 0 Å². The molecule has 0 atom stereocenters. The second-order valence-corrected chi connectivity index (χ2v) is 3.88. The lowest BCUT2D eigenvalue weighted by Crippen LogP contribution is -2.10. The van der Waals surface area contributed by atoms with E-state index in [0.29, 0.717) is 5.56 Å². The quantitative estimate of drug-likeness (QED) is 0.878. The van der Waals surface area contributed by atoms with Crippen LogP contribution in [0.15, 0.2) is 36.4 Å². The number of benzene rings is 2. The Hall–Kier alpha value is -2.03. The molecule has 2 aromatic carbocycles. The van der Waals surface area contributed by atoms with Gasteiger partial charge in [-0.05, 0) is 17.5 Å². The van der Waals surface area contributed by atoms with Gasteiger partial charge in [0.15, 0.2) is 0 Å². The van der Waals surface area contributed by atoms with Crippen LogP contribution in [-0.4, -0.2) is 25.2 Å². The third-order valence-corrected chi connectivity index (χ3v) is 2.61. The maximum atomic E-state index is 11.1. The maximum Gasteiger partial charge on any atom is 0.336 e. The van der Waals surface area contributed by atoms with Gasteiger partial charge in [-0.2, -0.15) is 0 Å². The van der Waals surface area contributed by atoms with Crippen molar-refractivity contribution in [2.24, 2.45) is 0 Å². The van der Waals surface area contributed by atoms with Crippen molar-refractivity contribution >= 4 is 22.4 Å². The molecule has 0 aliphatic heterocycles. The average Bonchev–Trinajstić information content (AvgIpc) is 2.39. The summed E-state index contributed by atoms with van der Waals surface area (Å²) in [5, 5.41) is 10.8. The molecule has 0 aromatic heterocycles. The van der Waals surface area contributed by atoms with E-state index in [1.807, 2.05) is 63.2 Å². The van der Waals surface area contributed by atoms with Gasteiger partial charge < -0.3 is 10.0 Å². The summed E-state index contributed by atoms with van der Waals surface area (Å²) >= 11 is 0. The van der Waals surface area contributed by atoms with Gasteiger partial charge in [0.25, 0.3) is 0 Å². The van der Waals surface area contributed by atoms with Gasteiger partial charge in [0, 0.05) is 25.2 Å². The first-order chi connectivity index (χ1) is 8.61. The highest BCUT2D eigenvalue weighted by Gasteiger charge is 2.11. The molecule has 1 N–H and O–H groups in total. The largest absolute Gasteiger partial charge is 0.478 e. The van der Waals surface area contributed by atoms with E-state index in [0.717, 1.165) is 16.5 Å². The summed E-state index contributed by atoms with van der Waals surface area (Å²) in [7, 11) is 3.89. The lowest BCUT2D eigenvalue weighted by molar-refractivity contribution is 0.0699. The van der Waals surface area contributed by atoms with Crippen LogP contribution < -0.4 is 4.90 Å². The number of hydrogen-bond acceptors (Lipinski definition) is 2. The third-order valence-electron chi connectivity index (χ3n) is 2.61. The van der Waals surface area contributed by atoms with Crippen molar-refractivity contribution < 1.29 is 9.90 Å². The SMILES string of the molecule is CC.CN(C)c1ccc(C(=O)O)c2ccccc12. The minimum atomic E-state index is -0.887. The number of carbonyl (C=O) groups is 1. The van der Waals surface area contributed by atoms with Crippen molar-refractivity contribution in [2.45, 2.75) is 13.8 Å². The molecule has 0 aliphatic carbocycles. The smallest absolute Gasteiger partial charge is 0.336 e. The van der Waals surface area contributed by atoms with Crippen molar-refractivity contribution in [3.63, 3.8) is 0 Å². The Morgan fingerprint density at radius 1 is 1.00 bits per heavy atom. The van der Waals surface area contributed by atoms with Gasteiger partial charge >= 0.3 is 5.97 Å². The van der Waals surface area contributed by atoms with Crippen LogP contribution in [0.2, 0.25) is 0 Å². The van der Waals surface area contributed by atoms with Gasteiger partial charge in [-0.1, -0.05) is 38.1 Å². The monoisotopic (exact) mass is 245 g/mol. The molecular weight excluding hydrogens is 226 g/mol. The summed E-state index contributed by atoms with van der Waals surface area (Å²) in [5.41, 5.74) is 1.38. The van der Waals surface area contributed by atoms with E-state index in [-0.39, 0.29) is 0 Å². The predicted octanol–water partition coefficient (Wildman–Crippen LogP) is 3.63. The molecule has 2 rings (SSSR count). The van der Waals surface area contributed by atoms with Crippen molar-refractivity contribution in [1.29, 1.82) is 0 Å². The summed E-state index contributed by atoms with van der Waals surface area (Å²) in [6, 6.07) is 11.0. The molecule has 0 amide bonds. The van der Waals surface area contributed by atoms with E-state index in [9.17, 15) is 4.79 Å². The topological polar surface area (TPSA) is 40.5 Å². The van der Waals surface area contributed by atoms with Crippen LogP contribution in [0.4, 0.5) is 5.69 Å². The number of anilines is 1. The van der Waals surface area contributed by atoms with E-state index in [4.69, 9.17) is 5.11 Å². The Balaban J connectivity index is 0.000000771. The molecular formula is C15H19NO2. The van der Waals surface area contributed by atoms with Gasteiger partial charge in [-0.15, -0.1) is 0 Å². The Morgan fingerprint density at radius 3 is 2.06 bits per heavy atom. The molecule has 0 fully saturated rings. The van der Waals surface area contributed by atoms with Crippen molar-refractivity contribution in [3.05, 3.63) is 42.0 Å². The number of rotatable bonds is 2. The number of carboxylic acids is 1. The molecule has 0 saturated carbocycles. The lowest BCUT2D eigenvalue weighted by atomic mass is 10.0. The standard InChI is InChI=1S/C13H13NO2.C2H6/c1-14(2)12-8-7-11(13(15)16)9-5-3-4-6-10(9)12;1-2/h3-8H,1-2H3,(H,15,16);1-2H3. The fourth-order valence-electron chi connectivity index (χ4n) is 1.86. The minimum absolute atomic E-state index is 0.348. The zero-order chi connectivity index (χ0) is 13.7. The zero-order valence-electron chi connectivity index (χ0n) is 11.3. The summed E-state index contributed by atoms with van der Waals surface area (Å²) in [6.45, 7) is 4.00. The van der Waals surface area contributed by atoms with E-state index >= 15 is 0 Å². The highest BCUT2D eigenvalue weighted by atomic mass is 16.4. The Bertz CT molecular complexity index is 547. The Morgan fingerprint density at radius 2 is 1.56 bits per heavy atom. The van der Waals surface area contributed by atoms with Crippen molar-refractivity contribution in [1.82, 2.24) is 0 Å². The molecule has 0 saturated heterocycles. The van der Waals surface area contributed by atoms with Crippen LogP contribution >= 0.6 is 0 Å². The highest BCUT2D eigenvalue weighted by Crippen LogP contribution is 2.28. The van der Waals surface area contributed by atoms with Crippen molar-refractivity contribution in [2.75, 3.05) is 19.0 Å². The second kappa shape index (κ2) is 6.05. The van der Waals surface area contributed by atoms with Crippen LogP contribution in [0.3, 0.4) is 0 Å². The first kappa shape index (κ1) is 14.0. The van der Waals surface area contributed by atoms with Gasteiger partial charge in [0.1, 0.15) is 0 Å². The molecule has 0 aliphatic rings. The van der Waals surface area contributed by atoms with Crippen LogP contribution in [0.5, 0.6) is 0 Å². The first-order valence-corrected chi connectivity index (χ1v) is 6.03. The normalized spacial score (nSPS) is 9.56. The van der Waals surface area contributed by atoms with Gasteiger partial charge in [-0.3, -0.25) is 0 Å². The van der Waals surface area contributed by atoms with Gasteiger partial charge in [-0.25, -0.2) is 4.79 Å². The zero-order valence-corrected chi connectivity index (χ0v) is 11.3. The fraction of sp³-hybridized carbons (Fsp3) is 0.267. The highest BCUT2D eigenvalue weighted by molar-refractivity contribution is 6.07. The van der Waals surface area contributed by atoms with E-state index < -0.39 is 5.97 Å². The third kappa shape index (κ3) is 2.62. The van der Waals surface area contributed by atoms with E-state index in [1.54, 1.807) is 6.07 Å². The van der Waals surface area contributed by atoms with E-state index in [2.05, 4.69) is 0 Å². The number of aromatic carboxylic acids is 1. The van der Waals surface area contributed by atoms with Gasteiger partial charge in [0.2, 0.25) is 0 Å². The van der Waals surface area contributed by atoms with Gasteiger partial charge in [0.05, 0.1) is 5.56 Å². The molecule has 3 heteroatoms. The van der Waals surface area contributed by atoms with E-state index in [1.165, 1.54) is 0 Å². The Kier molecular flexibility index (Phi) is 4.72. The molecule has 96 valence electrons. The molecule has 0 unspecified atom stereocenters. The summed E-state index contributed by atoms with van der Waals surface area (Å²) in [4.78, 5) is 13.1. The van der Waals surface area contributed by atoms with Crippen LogP contribution in [-0.2, 0) is 0 Å². The summed E-state index contributed by atoms with van der Waals surface area (Å²) in [6.07, 6.45) is 0. The molecule has 18 heavy (non-hydrogen) atoms. The number of nitrogens with zero attached hydrogens (tertiary/aromatic N) is 1. The predicted molar refractivity (Wildman–Crippen MR) is 76.6 cm³/mol. The summed E-state index contributed by atoms with van der Waals surface area (Å²) < 4.78 is 0. The molecule has 2 aromatic rings. The Labute approximate surface area is 108 Å². The van der Waals surface area contributed by atoms with Crippen LogP contribution in [0.25, 0.3) is 10.8 Å². The average molecular weight is 245 g/mol. The molecule has 0 heterocycles. The fourth-order valence-corrected chi connectivity index (χ4v) is 1.86. The first-order valence-electron chi connectivity index (χ1n) is 6.03. The number of hydrogen-bond donors (Lipinski definition) is 1. The molecule has 3 nitrogen and oxygen atoms in total. The molecule has 0 spiro atoms. The lowest BCUT2D eigenvalue weighted by Gasteiger charge is -2.16. The second-order valence-electron chi connectivity index (χ2n) is 3.88. The minimum Gasteiger partial charge on any atom is -0.478 e. The number of fused-ring (bicyclic) bond motifs is 1.